The minimum Gasteiger partial charge on any atom is -0.399 e. The molecule has 1 aliphatic heterocycles. The zero-order chi connectivity index (χ0) is 16.5. The van der Waals surface area contributed by atoms with Gasteiger partial charge in [-0.25, -0.2) is 9.97 Å². The number of rotatable bonds is 3. The van der Waals surface area contributed by atoms with E-state index in [0.717, 1.165) is 54.0 Å². The van der Waals surface area contributed by atoms with E-state index in [1.165, 1.54) is 0 Å². The molecule has 0 aliphatic carbocycles. The zero-order valence-corrected chi connectivity index (χ0v) is 13.7. The van der Waals surface area contributed by atoms with Crippen LogP contribution in [0.5, 0.6) is 0 Å². The van der Waals surface area contributed by atoms with Gasteiger partial charge < -0.3 is 11.1 Å². The first-order valence-corrected chi connectivity index (χ1v) is 8.30. The van der Waals surface area contributed by atoms with E-state index in [4.69, 9.17) is 10.8 Å². The third-order valence-electron chi connectivity index (χ3n) is 4.54. The maximum atomic E-state index is 6.02. The highest BCUT2D eigenvalue weighted by atomic mass is 15.7. The Morgan fingerprint density at radius 3 is 3.04 bits per heavy atom. The monoisotopic (exact) mass is 323 g/mol. The minimum absolute atomic E-state index is 0.414. The van der Waals surface area contributed by atoms with Crippen molar-refractivity contribution in [3.05, 3.63) is 36.8 Å². The summed E-state index contributed by atoms with van der Waals surface area (Å²) in [7, 11) is 0. The van der Waals surface area contributed by atoms with E-state index in [-0.39, 0.29) is 0 Å². The van der Waals surface area contributed by atoms with Crippen LogP contribution in [0.25, 0.3) is 22.3 Å². The summed E-state index contributed by atoms with van der Waals surface area (Å²) in [4.78, 5) is 10.4. The number of nitrogens with one attached hydrogen (secondary N) is 1. The Balaban J connectivity index is 1.90. The van der Waals surface area contributed by atoms with Crippen molar-refractivity contribution >= 4 is 16.6 Å². The summed E-state index contributed by atoms with van der Waals surface area (Å²) < 4.78 is 0. The summed E-state index contributed by atoms with van der Waals surface area (Å²) in [6, 6.07) is 8.23. The van der Waals surface area contributed by atoms with Crippen molar-refractivity contribution in [3.8, 4) is 11.4 Å². The number of hydrogen-bond donors (Lipinski definition) is 2. The van der Waals surface area contributed by atoms with Crippen LogP contribution in [0, 0.1) is 0 Å². The number of nitrogen functional groups attached to an aromatic ring is 1. The molecule has 1 saturated heterocycles. The standard InChI is InChI=1S/C17H21N7/c1-2-13-10-19-7-8-23(13)24-16-4-3-12(18)9-14(16)17(22-24)15-5-6-20-11-21-15/h3-6,9,11,13,19H,2,7-8,10,18H2,1H3. The van der Waals surface area contributed by atoms with Crippen LogP contribution in [-0.4, -0.2) is 45.5 Å². The summed E-state index contributed by atoms with van der Waals surface area (Å²) in [5, 5.41) is 11.7. The molecule has 0 radical (unpaired) electrons. The predicted octanol–water partition coefficient (Wildman–Crippen LogP) is 1.40. The number of piperazine rings is 1. The maximum absolute atomic E-state index is 6.02. The first-order valence-electron chi connectivity index (χ1n) is 8.30. The third kappa shape index (κ3) is 2.46. The molecule has 3 aromatic rings. The van der Waals surface area contributed by atoms with Crippen LogP contribution < -0.4 is 16.1 Å². The van der Waals surface area contributed by atoms with Gasteiger partial charge in [-0.3, -0.25) is 5.01 Å². The molecule has 1 aromatic carbocycles. The summed E-state index contributed by atoms with van der Waals surface area (Å²) in [5.74, 6) is 0. The third-order valence-corrected chi connectivity index (χ3v) is 4.54. The Hall–Kier alpha value is -2.67. The fourth-order valence-electron chi connectivity index (χ4n) is 3.29. The van der Waals surface area contributed by atoms with E-state index in [2.05, 4.69) is 27.2 Å². The molecule has 0 spiro atoms. The van der Waals surface area contributed by atoms with Gasteiger partial charge in [-0.1, -0.05) is 6.92 Å². The smallest absolute Gasteiger partial charge is 0.121 e. The van der Waals surface area contributed by atoms with E-state index in [1.807, 2.05) is 29.1 Å². The second-order valence-corrected chi connectivity index (χ2v) is 6.04. The van der Waals surface area contributed by atoms with E-state index < -0.39 is 0 Å². The fourth-order valence-corrected chi connectivity index (χ4v) is 3.29. The van der Waals surface area contributed by atoms with Gasteiger partial charge in [-0.05, 0) is 30.7 Å². The number of nitrogens with zero attached hydrogens (tertiary/aromatic N) is 5. The molecule has 0 saturated carbocycles. The molecule has 1 fully saturated rings. The highest BCUT2D eigenvalue weighted by Crippen LogP contribution is 2.29. The molecule has 7 heteroatoms. The summed E-state index contributed by atoms with van der Waals surface area (Å²) in [5.41, 5.74) is 9.45. The zero-order valence-electron chi connectivity index (χ0n) is 13.7. The normalized spacial score (nSPS) is 18.2. The molecule has 3 N–H and O–H groups in total. The topological polar surface area (TPSA) is 84.9 Å². The Morgan fingerprint density at radius 2 is 2.25 bits per heavy atom. The largest absolute Gasteiger partial charge is 0.399 e. The second-order valence-electron chi connectivity index (χ2n) is 6.04. The molecule has 0 amide bonds. The lowest BCUT2D eigenvalue weighted by Gasteiger charge is -2.37. The maximum Gasteiger partial charge on any atom is 0.121 e. The minimum atomic E-state index is 0.414. The molecular formula is C17H21N7. The molecule has 2 aromatic heterocycles. The molecule has 1 aliphatic rings. The highest BCUT2D eigenvalue weighted by molar-refractivity contribution is 5.94. The van der Waals surface area contributed by atoms with Gasteiger partial charge in [0, 0.05) is 36.9 Å². The first kappa shape index (κ1) is 14.9. The number of benzene rings is 1. The Labute approximate surface area is 140 Å². The highest BCUT2D eigenvalue weighted by Gasteiger charge is 2.24. The van der Waals surface area contributed by atoms with Crippen molar-refractivity contribution in [2.24, 2.45) is 0 Å². The van der Waals surface area contributed by atoms with Gasteiger partial charge in [0.15, 0.2) is 0 Å². The van der Waals surface area contributed by atoms with Crippen LogP contribution in [0.1, 0.15) is 13.3 Å². The molecule has 4 rings (SSSR count). The van der Waals surface area contributed by atoms with E-state index >= 15 is 0 Å². The fraction of sp³-hybridized carbons (Fsp3) is 0.353. The molecule has 24 heavy (non-hydrogen) atoms. The quantitative estimate of drug-likeness (QED) is 0.709. The van der Waals surface area contributed by atoms with Crippen molar-refractivity contribution in [2.75, 3.05) is 30.4 Å². The van der Waals surface area contributed by atoms with Crippen molar-refractivity contribution in [2.45, 2.75) is 19.4 Å². The predicted molar refractivity (Wildman–Crippen MR) is 95.2 cm³/mol. The Bertz CT molecular complexity index is 843. The van der Waals surface area contributed by atoms with Gasteiger partial charge in [0.1, 0.15) is 12.0 Å². The number of aromatic nitrogens is 4. The van der Waals surface area contributed by atoms with E-state index in [0.29, 0.717) is 6.04 Å². The van der Waals surface area contributed by atoms with E-state index in [1.54, 1.807) is 12.5 Å². The van der Waals surface area contributed by atoms with Crippen molar-refractivity contribution in [1.29, 1.82) is 0 Å². The lowest BCUT2D eigenvalue weighted by Crippen LogP contribution is -2.56. The van der Waals surface area contributed by atoms with Gasteiger partial charge in [-0.2, -0.15) is 4.79 Å². The summed E-state index contributed by atoms with van der Waals surface area (Å²) in [6.07, 6.45) is 4.34. The second kappa shape index (κ2) is 6.09. The van der Waals surface area contributed by atoms with Crippen molar-refractivity contribution in [3.63, 3.8) is 0 Å². The van der Waals surface area contributed by atoms with Gasteiger partial charge in [0.05, 0.1) is 17.3 Å². The van der Waals surface area contributed by atoms with E-state index in [9.17, 15) is 0 Å². The van der Waals surface area contributed by atoms with Gasteiger partial charge >= 0.3 is 0 Å². The summed E-state index contributed by atoms with van der Waals surface area (Å²) in [6.45, 7) is 5.05. The molecular weight excluding hydrogens is 302 g/mol. The average molecular weight is 323 g/mol. The molecule has 0 bridgehead atoms. The van der Waals surface area contributed by atoms with Gasteiger partial charge in [0.25, 0.3) is 0 Å². The van der Waals surface area contributed by atoms with Crippen LogP contribution in [0.15, 0.2) is 36.8 Å². The number of hydrogen-bond acceptors (Lipinski definition) is 6. The van der Waals surface area contributed by atoms with Crippen LogP contribution in [0.4, 0.5) is 5.69 Å². The molecule has 3 heterocycles. The Morgan fingerprint density at radius 1 is 1.33 bits per heavy atom. The molecule has 1 unspecified atom stereocenters. The van der Waals surface area contributed by atoms with Crippen LogP contribution >= 0.6 is 0 Å². The number of anilines is 1. The molecule has 124 valence electrons. The summed E-state index contributed by atoms with van der Waals surface area (Å²) >= 11 is 0. The van der Waals surface area contributed by atoms with Crippen LogP contribution in [0.2, 0.25) is 0 Å². The average Bonchev–Trinajstić information content (AvgIpc) is 3.01. The van der Waals surface area contributed by atoms with Gasteiger partial charge in [0.2, 0.25) is 0 Å². The SMILES string of the molecule is CCC1CNCCN1n1nc(-c2ccncn2)c2cc(N)ccc21. The van der Waals surface area contributed by atoms with Crippen molar-refractivity contribution < 1.29 is 0 Å². The number of fused-ring (bicyclic) bond motifs is 1. The lowest BCUT2D eigenvalue weighted by atomic mass is 10.1. The van der Waals surface area contributed by atoms with Gasteiger partial charge in [-0.15, -0.1) is 5.10 Å². The van der Waals surface area contributed by atoms with Crippen LogP contribution in [0.3, 0.4) is 0 Å². The Kier molecular flexibility index (Phi) is 3.78. The van der Waals surface area contributed by atoms with Crippen LogP contribution in [-0.2, 0) is 0 Å². The molecule has 7 nitrogen and oxygen atoms in total. The lowest BCUT2D eigenvalue weighted by molar-refractivity contribution is 0.374. The molecule has 1 atom stereocenters. The first-order chi connectivity index (χ1) is 11.8. The number of nitrogens with two attached hydrogens (primary N) is 1. The van der Waals surface area contributed by atoms with Crippen molar-refractivity contribution in [1.82, 2.24) is 25.2 Å².